The maximum absolute atomic E-state index is 13.7. The molecule has 0 unspecified atom stereocenters. The highest BCUT2D eigenvalue weighted by Gasteiger charge is 2.16. The minimum Gasteiger partial charge on any atom is -0.348 e. The fourth-order valence-electron chi connectivity index (χ4n) is 2.76. The normalized spacial score (nSPS) is 11.1. The summed E-state index contributed by atoms with van der Waals surface area (Å²) in [6.07, 6.45) is 0. The zero-order valence-electron chi connectivity index (χ0n) is 16.1. The van der Waals surface area contributed by atoms with Crippen LogP contribution in [0.15, 0.2) is 71.6 Å². The topological polar surface area (TPSA) is 75.3 Å². The second-order valence-corrected chi connectivity index (χ2v) is 8.39. The fourth-order valence-corrected chi connectivity index (χ4v) is 3.83. The van der Waals surface area contributed by atoms with Crippen molar-refractivity contribution in [2.45, 2.75) is 25.3 Å². The van der Waals surface area contributed by atoms with Crippen LogP contribution in [0.1, 0.15) is 27.0 Å². The van der Waals surface area contributed by atoms with E-state index in [2.05, 4.69) is 10.0 Å². The Bertz CT molecular complexity index is 1160. The van der Waals surface area contributed by atoms with Gasteiger partial charge >= 0.3 is 0 Å². The summed E-state index contributed by atoms with van der Waals surface area (Å²) in [5.41, 5.74) is 2.96. The SMILES string of the molecule is Cc1ccc(S(=O)(=O)Nc2cccc(C(=O)NCc3ccccc3C)c2)cc1F. The highest BCUT2D eigenvalue weighted by atomic mass is 32.2. The number of carbonyl (C=O) groups excluding carboxylic acids is 1. The maximum atomic E-state index is 13.7. The highest BCUT2D eigenvalue weighted by Crippen LogP contribution is 2.19. The van der Waals surface area contributed by atoms with Gasteiger partial charge in [0.15, 0.2) is 0 Å². The number of anilines is 1. The zero-order valence-corrected chi connectivity index (χ0v) is 16.9. The summed E-state index contributed by atoms with van der Waals surface area (Å²) in [6.45, 7) is 3.88. The predicted molar refractivity (Wildman–Crippen MR) is 111 cm³/mol. The predicted octanol–water partition coefficient (Wildman–Crippen LogP) is 4.17. The number of aryl methyl sites for hydroxylation is 2. The van der Waals surface area contributed by atoms with Gasteiger partial charge in [-0.2, -0.15) is 0 Å². The first-order valence-corrected chi connectivity index (χ1v) is 10.5. The third-order valence-corrected chi connectivity index (χ3v) is 5.91. The second kappa shape index (κ2) is 8.45. The van der Waals surface area contributed by atoms with E-state index in [9.17, 15) is 17.6 Å². The molecule has 0 aliphatic heterocycles. The molecule has 0 atom stereocenters. The molecule has 0 aromatic heterocycles. The van der Waals surface area contributed by atoms with Crippen LogP contribution < -0.4 is 10.0 Å². The van der Waals surface area contributed by atoms with Gasteiger partial charge in [-0.1, -0.05) is 36.4 Å². The number of rotatable bonds is 6. The van der Waals surface area contributed by atoms with Crippen molar-refractivity contribution in [3.63, 3.8) is 0 Å². The van der Waals surface area contributed by atoms with Crippen molar-refractivity contribution >= 4 is 21.6 Å². The average Bonchev–Trinajstić information content (AvgIpc) is 2.69. The van der Waals surface area contributed by atoms with E-state index < -0.39 is 15.8 Å². The summed E-state index contributed by atoms with van der Waals surface area (Å²) in [7, 11) is -3.98. The maximum Gasteiger partial charge on any atom is 0.261 e. The summed E-state index contributed by atoms with van der Waals surface area (Å²) in [6, 6.07) is 17.6. The molecule has 3 aromatic rings. The van der Waals surface area contributed by atoms with E-state index in [1.165, 1.54) is 24.3 Å². The van der Waals surface area contributed by atoms with E-state index in [4.69, 9.17) is 0 Å². The summed E-state index contributed by atoms with van der Waals surface area (Å²) >= 11 is 0. The minimum atomic E-state index is -3.98. The Morgan fingerprint density at radius 3 is 2.41 bits per heavy atom. The first-order chi connectivity index (χ1) is 13.8. The fraction of sp³-hybridized carbons (Fsp3) is 0.136. The number of amides is 1. The molecule has 0 fully saturated rings. The summed E-state index contributed by atoms with van der Waals surface area (Å²) in [4.78, 5) is 12.3. The molecule has 0 spiro atoms. The van der Waals surface area contributed by atoms with Crippen molar-refractivity contribution in [2.24, 2.45) is 0 Å². The summed E-state index contributed by atoms with van der Waals surface area (Å²) < 4.78 is 41.1. The standard InChI is InChI=1S/C22H21FN2O3S/c1-15-6-3-4-7-18(15)14-24-22(26)17-8-5-9-19(12-17)25-29(27,28)20-11-10-16(2)21(23)13-20/h3-13,25H,14H2,1-2H3,(H,24,26). The molecule has 0 aliphatic rings. The Labute approximate surface area is 169 Å². The van der Waals surface area contributed by atoms with Gasteiger partial charge in [0.05, 0.1) is 4.90 Å². The lowest BCUT2D eigenvalue weighted by Gasteiger charge is -2.11. The largest absolute Gasteiger partial charge is 0.348 e. The van der Waals surface area contributed by atoms with Crippen molar-refractivity contribution < 1.29 is 17.6 Å². The molecule has 0 bridgehead atoms. The third kappa shape index (κ3) is 5.00. The number of benzene rings is 3. The molecule has 0 saturated carbocycles. The van der Waals surface area contributed by atoms with E-state index in [1.807, 2.05) is 31.2 Å². The van der Waals surface area contributed by atoms with Gasteiger partial charge in [0.2, 0.25) is 0 Å². The molecular formula is C22H21FN2O3S. The molecular weight excluding hydrogens is 391 g/mol. The van der Waals surface area contributed by atoms with E-state index in [0.29, 0.717) is 17.7 Å². The lowest BCUT2D eigenvalue weighted by Crippen LogP contribution is -2.23. The van der Waals surface area contributed by atoms with E-state index in [-0.39, 0.29) is 16.5 Å². The monoisotopic (exact) mass is 412 g/mol. The quantitative estimate of drug-likeness (QED) is 0.638. The van der Waals surface area contributed by atoms with Crippen LogP contribution in [0.4, 0.5) is 10.1 Å². The number of hydrogen-bond donors (Lipinski definition) is 2. The first-order valence-electron chi connectivity index (χ1n) is 8.98. The second-order valence-electron chi connectivity index (χ2n) is 6.71. The van der Waals surface area contributed by atoms with Crippen LogP contribution in [0.2, 0.25) is 0 Å². The van der Waals surface area contributed by atoms with Gasteiger partial charge in [0.25, 0.3) is 15.9 Å². The van der Waals surface area contributed by atoms with Gasteiger partial charge in [0, 0.05) is 17.8 Å². The zero-order chi connectivity index (χ0) is 21.0. The van der Waals surface area contributed by atoms with E-state index in [1.54, 1.807) is 19.1 Å². The van der Waals surface area contributed by atoms with Crippen molar-refractivity contribution in [3.8, 4) is 0 Å². The Balaban J connectivity index is 1.74. The molecule has 150 valence electrons. The van der Waals surface area contributed by atoms with Crippen LogP contribution in [0, 0.1) is 19.7 Å². The summed E-state index contributed by atoms with van der Waals surface area (Å²) in [5.74, 6) is -0.923. The average molecular weight is 412 g/mol. The van der Waals surface area contributed by atoms with Crippen LogP contribution in [0.5, 0.6) is 0 Å². The van der Waals surface area contributed by atoms with Crippen LogP contribution in [-0.2, 0) is 16.6 Å². The lowest BCUT2D eigenvalue weighted by molar-refractivity contribution is 0.0951. The Hall–Kier alpha value is -3.19. The van der Waals surface area contributed by atoms with Crippen molar-refractivity contribution in [2.75, 3.05) is 4.72 Å². The van der Waals surface area contributed by atoms with Gasteiger partial charge in [0.1, 0.15) is 5.82 Å². The van der Waals surface area contributed by atoms with Gasteiger partial charge in [-0.15, -0.1) is 0 Å². The van der Waals surface area contributed by atoms with Gasteiger partial charge < -0.3 is 5.32 Å². The first kappa shape index (κ1) is 20.5. The molecule has 7 heteroatoms. The van der Waals surface area contributed by atoms with E-state index in [0.717, 1.165) is 17.2 Å². The number of hydrogen-bond acceptors (Lipinski definition) is 3. The Morgan fingerprint density at radius 1 is 0.931 bits per heavy atom. The van der Waals surface area contributed by atoms with Gasteiger partial charge in [-0.25, -0.2) is 12.8 Å². The molecule has 29 heavy (non-hydrogen) atoms. The van der Waals surface area contributed by atoms with Gasteiger partial charge in [-0.3, -0.25) is 9.52 Å². The molecule has 0 heterocycles. The van der Waals surface area contributed by atoms with Crippen LogP contribution >= 0.6 is 0 Å². The van der Waals surface area contributed by atoms with Crippen LogP contribution in [-0.4, -0.2) is 14.3 Å². The van der Waals surface area contributed by atoms with E-state index >= 15 is 0 Å². The van der Waals surface area contributed by atoms with Crippen molar-refractivity contribution in [1.82, 2.24) is 5.32 Å². The minimum absolute atomic E-state index is 0.185. The molecule has 1 amide bonds. The Morgan fingerprint density at radius 2 is 1.69 bits per heavy atom. The van der Waals surface area contributed by atoms with Gasteiger partial charge in [-0.05, 0) is 60.9 Å². The third-order valence-electron chi connectivity index (χ3n) is 4.53. The molecule has 3 rings (SSSR count). The number of halogens is 1. The van der Waals surface area contributed by atoms with Crippen LogP contribution in [0.3, 0.4) is 0 Å². The smallest absolute Gasteiger partial charge is 0.261 e. The van der Waals surface area contributed by atoms with Crippen molar-refractivity contribution in [1.29, 1.82) is 0 Å². The molecule has 5 nitrogen and oxygen atoms in total. The molecule has 3 aromatic carbocycles. The molecule has 2 N–H and O–H groups in total. The molecule has 0 radical (unpaired) electrons. The van der Waals surface area contributed by atoms with Crippen molar-refractivity contribution in [3.05, 3.63) is 94.8 Å². The Kier molecular flexibility index (Phi) is 5.98. The summed E-state index contributed by atoms with van der Waals surface area (Å²) in [5, 5.41) is 2.83. The number of sulfonamides is 1. The molecule has 0 saturated heterocycles. The molecule has 0 aliphatic carbocycles. The lowest BCUT2D eigenvalue weighted by atomic mass is 10.1. The number of carbonyl (C=O) groups is 1. The number of nitrogens with one attached hydrogen (secondary N) is 2. The van der Waals surface area contributed by atoms with Crippen LogP contribution in [0.25, 0.3) is 0 Å². The highest BCUT2D eigenvalue weighted by molar-refractivity contribution is 7.92.